The highest BCUT2D eigenvalue weighted by molar-refractivity contribution is 6.16. The number of Topliss-reactive ketones (excluding diaryl/α,β-unsaturated/α-hetero) is 1. The number of barbiturate groups is 1. The van der Waals surface area contributed by atoms with E-state index in [0.29, 0.717) is 6.42 Å². The minimum Gasteiger partial charge on any atom is -0.300 e. The Hall–Kier alpha value is -2.50. The second-order valence-electron chi connectivity index (χ2n) is 4.90. The van der Waals surface area contributed by atoms with E-state index in [9.17, 15) is 19.2 Å². The molecule has 2 rings (SSSR count). The lowest BCUT2D eigenvalue weighted by Gasteiger charge is -2.28. The van der Waals surface area contributed by atoms with Crippen LogP contribution in [0.4, 0.5) is 4.79 Å². The Labute approximate surface area is 135 Å². The van der Waals surface area contributed by atoms with Crippen molar-refractivity contribution in [2.45, 2.75) is 39.5 Å². The predicted octanol–water partition coefficient (Wildman–Crippen LogP) is 2.15. The number of ketones is 1. The summed E-state index contributed by atoms with van der Waals surface area (Å²) in [5, 5.41) is 4.16. The zero-order valence-corrected chi connectivity index (χ0v) is 13.6. The van der Waals surface area contributed by atoms with Gasteiger partial charge in [0.1, 0.15) is 11.7 Å². The van der Waals surface area contributed by atoms with Crippen LogP contribution in [0.15, 0.2) is 30.3 Å². The van der Waals surface area contributed by atoms with Crippen LogP contribution in [0.25, 0.3) is 0 Å². The summed E-state index contributed by atoms with van der Waals surface area (Å²) in [6.45, 7) is 5.73. The summed E-state index contributed by atoms with van der Waals surface area (Å²) in [6, 6.07) is 8.09. The summed E-state index contributed by atoms with van der Waals surface area (Å²) in [5.41, 5.74) is 0.726. The number of nitrogens with one attached hydrogen (secondary N) is 2. The summed E-state index contributed by atoms with van der Waals surface area (Å²) in [7, 11) is 0. The van der Waals surface area contributed by atoms with Crippen molar-refractivity contribution in [1.29, 1.82) is 0 Å². The second kappa shape index (κ2) is 8.82. The fourth-order valence-electron chi connectivity index (χ4n) is 2.41. The number of rotatable bonds is 5. The maximum absolute atomic E-state index is 12.0. The third-order valence-corrected chi connectivity index (χ3v) is 3.51. The number of amides is 4. The Balaban J connectivity index is 0.00000127. The molecular weight excluding hydrogens is 296 g/mol. The molecule has 1 aliphatic rings. The van der Waals surface area contributed by atoms with Gasteiger partial charge in [-0.1, -0.05) is 51.1 Å². The minimum atomic E-state index is -1.08. The van der Waals surface area contributed by atoms with Crippen LogP contribution < -0.4 is 10.6 Å². The lowest BCUT2D eigenvalue weighted by molar-refractivity contribution is -0.137. The number of imide groups is 2. The molecule has 23 heavy (non-hydrogen) atoms. The second-order valence-corrected chi connectivity index (χ2v) is 4.90. The average Bonchev–Trinajstić information content (AvgIpc) is 2.55. The lowest BCUT2D eigenvalue weighted by Crippen LogP contribution is -2.57. The highest BCUT2D eigenvalue weighted by Crippen LogP contribution is 2.30. The number of carbonyl (C=O) groups excluding carboxylic acids is 4. The molecule has 1 aromatic rings. The molecule has 1 fully saturated rings. The van der Waals surface area contributed by atoms with E-state index in [1.807, 2.05) is 19.9 Å². The van der Waals surface area contributed by atoms with Crippen LogP contribution in [0.2, 0.25) is 0 Å². The van der Waals surface area contributed by atoms with E-state index >= 15 is 0 Å². The van der Waals surface area contributed by atoms with Crippen LogP contribution in [0.3, 0.4) is 0 Å². The van der Waals surface area contributed by atoms with Crippen molar-refractivity contribution in [3.63, 3.8) is 0 Å². The van der Waals surface area contributed by atoms with Gasteiger partial charge in [-0.05, 0) is 5.56 Å². The third kappa shape index (κ3) is 4.74. The molecule has 1 heterocycles. The Morgan fingerprint density at radius 3 is 2.04 bits per heavy atom. The van der Waals surface area contributed by atoms with Gasteiger partial charge in [0, 0.05) is 18.8 Å². The Kier molecular flexibility index (Phi) is 7.12. The number of carbonyl (C=O) groups is 4. The first kappa shape index (κ1) is 18.5. The molecule has 1 aliphatic heterocycles. The molecule has 0 aliphatic carbocycles. The monoisotopic (exact) mass is 318 g/mol. The molecule has 1 unspecified atom stereocenters. The molecule has 6 heteroatoms. The maximum atomic E-state index is 12.0. The lowest BCUT2D eigenvalue weighted by atomic mass is 9.80. The molecule has 2 N–H and O–H groups in total. The number of hydrogen-bond acceptors (Lipinski definition) is 4. The van der Waals surface area contributed by atoms with Crippen LogP contribution in [0.1, 0.15) is 45.1 Å². The molecule has 0 bridgehead atoms. The molecule has 0 saturated carbocycles. The molecule has 1 atom stereocenters. The molecule has 6 nitrogen and oxygen atoms in total. The normalized spacial score (nSPS) is 15.9. The van der Waals surface area contributed by atoms with Crippen LogP contribution in [0.5, 0.6) is 0 Å². The zero-order chi connectivity index (χ0) is 17.4. The number of urea groups is 1. The van der Waals surface area contributed by atoms with E-state index in [-0.39, 0.29) is 12.2 Å². The topological polar surface area (TPSA) is 92.3 Å². The Morgan fingerprint density at radius 2 is 1.57 bits per heavy atom. The van der Waals surface area contributed by atoms with Crippen molar-refractivity contribution in [2.75, 3.05) is 0 Å². The van der Waals surface area contributed by atoms with Crippen molar-refractivity contribution in [1.82, 2.24) is 10.6 Å². The number of benzene rings is 1. The van der Waals surface area contributed by atoms with Crippen LogP contribution in [0, 0.1) is 5.92 Å². The van der Waals surface area contributed by atoms with Gasteiger partial charge in [0.25, 0.3) is 0 Å². The van der Waals surface area contributed by atoms with E-state index < -0.39 is 29.7 Å². The summed E-state index contributed by atoms with van der Waals surface area (Å²) in [6.07, 6.45) is 0.415. The van der Waals surface area contributed by atoms with Crippen LogP contribution in [-0.4, -0.2) is 23.6 Å². The van der Waals surface area contributed by atoms with Gasteiger partial charge < -0.3 is 0 Å². The van der Waals surface area contributed by atoms with Gasteiger partial charge in [0.15, 0.2) is 0 Å². The SMILES string of the molecule is CC.CCC(=O)CC(c1ccccc1)C1C(=O)NC(=O)NC1=O. The summed E-state index contributed by atoms with van der Waals surface area (Å²) in [5.74, 6) is -3.03. The molecule has 0 spiro atoms. The van der Waals surface area contributed by atoms with Gasteiger partial charge in [-0.3, -0.25) is 25.0 Å². The summed E-state index contributed by atoms with van der Waals surface area (Å²) < 4.78 is 0. The maximum Gasteiger partial charge on any atom is 0.328 e. The molecule has 0 aromatic heterocycles. The minimum absolute atomic E-state index is 0.0404. The van der Waals surface area contributed by atoms with Crippen molar-refractivity contribution >= 4 is 23.6 Å². The van der Waals surface area contributed by atoms with Gasteiger partial charge in [-0.25, -0.2) is 4.79 Å². The van der Waals surface area contributed by atoms with Crippen molar-refractivity contribution in [2.24, 2.45) is 5.92 Å². The van der Waals surface area contributed by atoms with Gasteiger partial charge >= 0.3 is 6.03 Å². The third-order valence-electron chi connectivity index (χ3n) is 3.51. The fraction of sp³-hybridized carbons (Fsp3) is 0.412. The number of hydrogen-bond donors (Lipinski definition) is 2. The van der Waals surface area contributed by atoms with Gasteiger partial charge in [-0.15, -0.1) is 0 Å². The van der Waals surface area contributed by atoms with Gasteiger partial charge in [0.2, 0.25) is 11.8 Å². The van der Waals surface area contributed by atoms with Crippen LogP contribution >= 0.6 is 0 Å². The average molecular weight is 318 g/mol. The fourth-order valence-corrected chi connectivity index (χ4v) is 2.41. The van der Waals surface area contributed by atoms with Crippen molar-refractivity contribution in [3.8, 4) is 0 Å². The first-order chi connectivity index (χ1) is 11.0. The quantitative estimate of drug-likeness (QED) is 0.814. The Bertz CT molecular complexity index is 564. The van der Waals surface area contributed by atoms with E-state index in [1.54, 1.807) is 31.2 Å². The first-order valence-corrected chi connectivity index (χ1v) is 7.75. The van der Waals surface area contributed by atoms with E-state index in [1.165, 1.54) is 0 Å². The zero-order valence-electron chi connectivity index (χ0n) is 13.6. The molecule has 1 saturated heterocycles. The standard InChI is InChI=1S/C15H16N2O4.C2H6/c1-2-10(18)8-11(9-6-4-3-5-7-9)12-13(19)16-15(21)17-14(12)20;1-2/h3-7,11-12H,2,8H2,1H3,(H2,16,17,19,20,21);1-2H3. The van der Waals surface area contributed by atoms with E-state index in [2.05, 4.69) is 10.6 Å². The van der Waals surface area contributed by atoms with Gasteiger partial charge in [0.05, 0.1) is 0 Å². The predicted molar refractivity (Wildman–Crippen MR) is 85.6 cm³/mol. The molecule has 1 aromatic carbocycles. The molecule has 124 valence electrons. The molecule has 0 radical (unpaired) electrons. The van der Waals surface area contributed by atoms with Gasteiger partial charge in [-0.2, -0.15) is 0 Å². The van der Waals surface area contributed by atoms with Crippen LogP contribution in [-0.2, 0) is 14.4 Å². The Morgan fingerprint density at radius 1 is 1.04 bits per heavy atom. The van der Waals surface area contributed by atoms with Crippen molar-refractivity contribution < 1.29 is 19.2 Å². The molecule has 4 amide bonds. The van der Waals surface area contributed by atoms with E-state index in [4.69, 9.17) is 0 Å². The summed E-state index contributed by atoms with van der Waals surface area (Å²) in [4.78, 5) is 46.9. The highest BCUT2D eigenvalue weighted by Gasteiger charge is 2.41. The first-order valence-electron chi connectivity index (χ1n) is 7.75. The van der Waals surface area contributed by atoms with Crippen molar-refractivity contribution in [3.05, 3.63) is 35.9 Å². The largest absolute Gasteiger partial charge is 0.328 e. The highest BCUT2D eigenvalue weighted by atomic mass is 16.2. The molecular formula is C17H22N2O4. The summed E-state index contributed by atoms with van der Waals surface area (Å²) >= 11 is 0. The van der Waals surface area contributed by atoms with E-state index in [0.717, 1.165) is 5.56 Å². The smallest absolute Gasteiger partial charge is 0.300 e.